The fraction of sp³-hybridized carbons (Fsp3) is 0.643. The molecule has 1 fully saturated rings. The lowest BCUT2D eigenvalue weighted by molar-refractivity contribution is 0.319. The minimum atomic E-state index is -0.658. The maximum absolute atomic E-state index is 13.9. The molecule has 1 saturated carbocycles. The molecule has 0 aromatic carbocycles. The molecule has 0 spiro atoms. The summed E-state index contributed by atoms with van der Waals surface area (Å²) in [6.07, 6.45) is 4.56. The van der Waals surface area contributed by atoms with E-state index in [0.29, 0.717) is 5.92 Å². The Morgan fingerprint density at radius 1 is 1.26 bits per heavy atom. The Bertz CT molecular complexity index is 451. The molecule has 0 bridgehead atoms. The van der Waals surface area contributed by atoms with Crippen molar-refractivity contribution in [1.29, 1.82) is 0 Å². The predicted molar refractivity (Wildman–Crippen MR) is 73.5 cm³/mol. The second-order valence-electron chi connectivity index (χ2n) is 5.31. The number of hydrogen-bond acceptors (Lipinski definition) is 3. The van der Waals surface area contributed by atoms with E-state index < -0.39 is 11.6 Å². The fourth-order valence-electron chi connectivity index (χ4n) is 2.91. The Morgan fingerprint density at radius 3 is 2.58 bits per heavy atom. The van der Waals surface area contributed by atoms with Crippen LogP contribution in [0.1, 0.15) is 32.6 Å². The van der Waals surface area contributed by atoms with E-state index in [9.17, 15) is 8.78 Å². The number of anilines is 2. The average molecular weight is 269 g/mol. The normalized spacial score (nSPS) is 23.2. The largest absolute Gasteiger partial charge is 0.371 e. The Kier molecular flexibility index (Phi) is 4.22. The van der Waals surface area contributed by atoms with Gasteiger partial charge in [0.15, 0.2) is 23.3 Å². The van der Waals surface area contributed by atoms with Gasteiger partial charge in [-0.1, -0.05) is 19.8 Å². The van der Waals surface area contributed by atoms with Gasteiger partial charge in [0.2, 0.25) is 0 Å². The van der Waals surface area contributed by atoms with Gasteiger partial charge in [-0.3, -0.25) is 0 Å². The van der Waals surface area contributed by atoms with Gasteiger partial charge < -0.3 is 10.2 Å². The zero-order valence-corrected chi connectivity index (χ0v) is 11.7. The monoisotopic (exact) mass is 269 g/mol. The van der Waals surface area contributed by atoms with E-state index in [2.05, 4.69) is 17.2 Å². The van der Waals surface area contributed by atoms with Gasteiger partial charge in [-0.2, -0.15) is 0 Å². The van der Waals surface area contributed by atoms with Crippen LogP contribution in [0.15, 0.2) is 6.07 Å². The lowest BCUT2D eigenvalue weighted by Gasteiger charge is -2.37. The fourth-order valence-corrected chi connectivity index (χ4v) is 2.91. The van der Waals surface area contributed by atoms with Crippen LogP contribution in [0.25, 0.3) is 0 Å². The first-order valence-electron chi connectivity index (χ1n) is 6.81. The third-order valence-corrected chi connectivity index (χ3v) is 4.05. The summed E-state index contributed by atoms with van der Waals surface area (Å²) < 4.78 is 27.4. The quantitative estimate of drug-likeness (QED) is 0.911. The highest BCUT2D eigenvalue weighted by Gasteiger charge is 2.28. The van der Waals surface area contributed by atoms with E-state index in [1.807, 2.05) is 11.9 Å². The van der Waals surface area contributed by atoms with Gasteiger partial charge in [0.25, 0.3) is 0 Å². The molecule has 1 heterocycles. The highest BCUT2D eigenvalue weighted by atomic mass is 19.1. The second-order valence-corrected chi connectivity index (χ2v) is 5.31. The van der Waals surface area contributed by atoms with Gasteiger partial charge in [0, 0.05) is 26.2 Å². The number of hydrogen-bond donors (Lipinski definition) is 1. The molecule has 1 aromatic heterocycles. The summed E-state index contributed by atoms with van der Waals surface area (Å²) in [6.45, 7) is 2.18. The van der Waals surface area contributed by atoms with E-state index in [1.54, 1.807) is 7.05 Å². The second kappa shape index (κ2) is 5.72. The van der Waals surface area contributed by atoms with Gasteiger partial charge in [-0.05, 0) is 18.8 Å². The molecule has 1 N–H and O–H groups in total. The molecule has 1 aliphatic carbocycles. The first-order chi connectivity index (χ1) is 9.04. The van der Waals surface area contributed by atoms with Crippen molar-refractivity contribution in [3.05, 3.63) is 17.7 Å². The zero-order valence-electron chi connectivity index (χ0n) is 11.7. The number of nitrogens with zero attached hydrogens (tertiary/aromatic N) is 2. The van der Waals surface area contributed by atoms with Gasteiger partial charge >= 0.3 is 0 Å². The topological polar surface area (TPSA) is 28.2 Å². The van der Waals surface area contributed by atoms with E-state index >= 15 is 0 Å². The van der Waals surface area contributed by atoms with Crippen molar-refractivity contribution in [2.45, 2.75) is 38.6 Å². The predicted octanol–water partition coefficient (Wildman–Crippen LogP) is 3.42. The Balaban J connectivity index is 2.29. The zero-order chi connectivity index (χ0) is 14.0. The minimum absolute atomic E-state index is 0.0895. The minimum Gasteiger partial charge on any atom is -0.371 e. The molecule has 1 aliphatic rings. The molecular formula is C14H21F2N3. The van der Waals surface area contributed by atoms with E-state index in [4.69, 9.17) is 0 Å². The molecule has 3 nitrogen and oxygen atoms in total. The molecule has 0 amide bonds. The molecule has 19 heavy (non-hydrogen) atoms. The number of aromatic nitrogens is 1. The molecule has 0 aliphatic heterocycles. The van der Waals surface area contributed by atoms with E-state index in [1.165, 1.54) is 6.42 Å². The summed E-state index contributed by atoms with van der Waals surface area (Å²) in [5, 5.41) is 2.65. The SMILES string of the molecule is CNc1nc(N(C)C2CCCCC2C)c(F)cc1F. The van der Waals surface area contributed by atoms with Crippen molar-refractivity contribution < 1.29 is 8.78 Å². The van der Waals surface area contributed by atoms with Crippen LogP contribution in [0.5, 0.6) is 0 Å². The Hall–Kier alpha value is -1.39. The number of rotatable bonds is 3. The molecule has 2 unspecified atom stereocenters. The molecule has 1 aromatic rings. The van der Waals surface area contributed by atoms with E-state index in [0.717, 1.165) is 25.3 Å². The van der Waals surface area contributed by atoms with Crippen molar-refractivity contribution in [2.24, 2.45) is 5.92 Å². The maximum Gasteiger partial charge on any atom is 0.168 e. The van der Waals surface area contributed by atoms with Crippen LogP contribution >= 0.6 is 0 Å². The molecular weight excluding hydrogens is 248 g/mol. The van der Waals surface area contributed by atoms with Crippen LogP contribution in [-0.2, 0) is 0 Å². The van der Waals surface area contributed by atoms with Gasteiger partial charge in [-0.15, -0.1) is 0 Å². The number of nitrogens with one attached hydrogen (secondary N) is 1. The molecule has 2 atom stereocenters. The summed E-state index contributed by atoms with van der Waals surface area (Å²) in [5.74, 6) is -0.440. The molecule has 0 saturated heterocycles. The standard InChI is InChI=1S/C14H21F2N3/c1-9-6-4-5-7-12(9)19(3)14-11(16)8-10(15)13(17-2)18-14/h8-9,12H,4-7H2,1-3H3,(H,17,18). The molecule has 0 radical (unpaired) electrons. The first-order valence-corrected chi connectivity index (χ1v) is 6.81. The molecule has 5 heteroatoms. The van der Waals surface area contributed by atoms with Gasteiger partial charge in [0.1, 0.15) is 0 Å². The number of halogens is 2. The van der Waals surface area contributed by atoms with Crippen molar-refractivity contribution in [3.8, 4) is 0 Å². The summed E-state index contributed by atoms with van der Waals surface area (Å²) in [6, 6.07) is 1.17. The lowest BCUT2D eigenvalue weighted by atomic mass is 9.85. The van der Waals surface area contributed by atoms with Crippen molar-refractivity contribution in [1.82, 2.24) is 4.98 Å². The summed E-state index contributed by atoms with van der Waals surface area (Å²) in [7, 11) is 3.42. The Morgan fingerprint density at radius 2 is 1.95 bits per heavy atom. The lowest BCUT2D eigenvalue weighted by Crippen LogP contribution is -2.40. The molecule has 106 valence electrons. The van der Waals surface area contributed by atoms with Crippen LogP contribution in [0.2, 0.25) is 0 Å². The van der Waals surface area contributed by atoms with Crippen molar-refractivity contribution >= 4 is 11.6 Å². The van der Waals surface area contributed by atoms with Crippen LogP contribution in [-0.4, -0.2) is 25.1 Å². The summed E-state index contributed by atoms with van der Waals surface area (Å²) >= 11 is 0. The summed E-state index contributed by atoms with van der Waals surface area (Å²) in [5.41, 5.74) is 0. The highest BCUT2D eigenvalue weighted by molar-refractivity contribution is 5.49. The highest BCUT2D eigenvalue weighted by Crippen LogP contribution is 2.31. The number of pyridine rings is 1. The van der Waals surface area contributed by atoms with Gasteiger partial charge in [-0.25, -0.2) is 13.8 Å². The average Bonchev–Trinajstić information content (AvgIpc) is 2.39. The third-order valence-electron chi connectivity index (χ3n) is 4.05. The summed E-state index contributed by atoms with van der Waals surface area (Å²) in [4.78, 5) is 5.93. The van der Waals surface area contributed by atoms with Crippen LogP contribution < -0.4 is 10.2 Å². The van der Waals surface area contributed by atoms with Crippen molar-refractivity contribution in [2.75, 3.05) is 24.3 Å². The van der Waals surface area contributed by atoms with Crippen molar-refractivity contribution in [3.63, 3.8) is 0 Å². The Labute approximate surface area is 113 Å². The smallest absolute Gasteiger partial charge is 0.168 e. The molecule has 2 rings (SSSR count). The third kappa shape index (κ3) is 2.80. The maximum atomic E-state index is 13.9. The van der Waals surface area contributed by atoms with E-state index in [-0.39, 0.29) is 17.7 Å². The van der Waals surface area contributed by atoms with Crippen LogP contribution in [0, 0.1) is 17.6 Å². The van der Waals surface area contributed by atoms with Gasteiger partial charge in [0.05, 0.1) is 0 Å². The van der Waals surface area contributed by atoms with Crippen LogP contribution in [0.4, 0.5) is 20.4 Å². The van der Waals surface area contributed by atoms with Crippen LogP contribution in [0.3, 0.4) is 0 Å². The first kappa shape index (κ1) is 14.0.